The van der Waals surface area contributed by atoms with E-state index in [1.54, 1.807) is 6.07 Å². The van der Waals surface area contributed by atoms with Crippen molar-refractivity contribution in [1.82, 2.24) is 0 Å². The zero-order valence-electron chi connectivity index (χ0n) is 9.71. The van der Waals surface area contributed by atoms with Crippen molar-refractivity contribution >= 4 is 0 Å². The van der Waals surface area contributed by atoms with Gasteiger partial charge in [-0.05, 0) is 37.8 Å². The molecule has 0 spiro atoms. The van der Waals surface area contributed by atoms with Crippen molar-refractivity contribution in [1.29, 1.82) is 0 Å². The Morgan fingerprint density at radius 2 is 2.13 bits per heavy atom. The van der Waals surface area contributed by atoms with Crippen molar-refractivity contribution in [3.05, 3.63) is 41.5 Å². The first-order valence-corrected chi connectivity index (χ1v) is 5.59. The van der Waals surface area contributed by atoms with Crippen molar-refractivity contribution in [3.8, 4) is 5.75 Å². The molecule has 1 heteroatoms. The molecule has 0 heterocycles. The number of hydrogen-bond donors (Lipinski definition) is 1. The molecule has 0 fully saturated rings. The van der Waals surface area contributed by atoms with E-state index in [0.717, 1.165) is 24.0 Å². The predicted octanol–water partition coefficient (Wildman–Crippen LogP) is 3.85. The fourth-order valence-corrected chi connectivity index (χ4v) is 1.73. The van der Waals surface area contributed by atoms with Gasteiger partial charge in [0.2, 0.25) is 0 Å². The number of phenolic OH excluding ortho intramolecular Hbond substituents is 1. The van der Waals surface area contributed by atoms with Gasteiger partial charge < -0.3 is 5.11 Å². The molecule has 1 aromatic carbocycles. The molecule has 0 radical (unpaired) electrons. The van der Waals surface area contributed by atoms with E-state index in [4.69, 9.17) is 0 Å². The van der Waals surface area contributed by atoms with Crippen LogP contribution in [0.3, 0.4) is 0 Å². The number of aryl methyl sites for hydroxylation is 1. The van der Waals surface area contributed by atoms with Gasteiger partial charge in [-0.15, -0.1) is 0 Å². The summed E-state index contributed by atoms with van der Waals surface area (Å²) in [5.41, 5.74) is 3.41. The number of benzene rings is 1. The van der Waals surface area contributed by atoms with Crippen LogP contribution in [-0.2, 0) is 12.8 Å². The van der Waals surface area contributed by atoms with Gasteiger partial charge in [-0.2, -0.15) is 0 Å². The summed E-state index contributed by atoms with van der Waals surface area (Å²) in [6.45, 7) is 8.08. The molecule has 1 N–H and O–H groups in total. The third-order valence-electron chi connectivity index (χ3n) is 2.53. The zero-order chi connectivity index (χ0) is 11.3. The van der Waals surface area contributed by atoms with Crippen LogP contribution in [0.25, 0.3) is 0 Å². The Hall–Kier alpha value is -1.24. The summed E-state index contributed by atoms with van der Waals surface area (Å²) in [5, 5.41) is 9.80. The fourth-order valence-electron chi connectivity index (χ4n) is 1.73. The standard InChI is InChI=1S/C14H20O/c1-4-5-7-12-8-6-9-14(15)13(12)10-11(2)3/h6,8-9,15H,2,4-5,7,10H2,1,3H3. The average Bonchev–Trinajstić information content (AvgIpc) is 2.18. The zero-order valence-corrected chi connectivity index (χ0v) is 9.71. The smallest absolute Gasteiger partial charge is 0.119 e. The van der Waals surface area contributed by atoms with Gasteiger partial charge in [0, 0.05) is 5.56 Å². The average molecular weight is 204 g/mol. The van der Waals surface area contributed by atoms with Gasteiger partial charge in [0.25, 0.3) is 0 Å². The van der Waals surface area contributed by atoms with Crippen LogP contribution in [0.15, 0.2) is 30.4 Å². The maximum absolute atomic E-state index is 9.80. The first-order valence-electron chi connectivity index (χ1n) is 5.59. The lowest BCUT2D eigenvalue weighted by Gasteiger charge is -2.11. The van der Waals surface area contributed by atoms with Crippen LogP contribution < -0.4 is 0 Å². The molecule has 1 rings (SSSR count). The van der Waals surface area contributed by atoms with Gasteiger partial charge in [0.05, 0.1) is 0 Å². The minimum atomic E-state index is 0.409. The van der Waals surface area contributed by atoms with Crippen LogP contribution in [0.1, 0.15) is 37.8 Å². The first kappa shape index (κ1) is 11.8. The summed E-state index contributed by atoms with van der Waals surface area (Å²) in [6, 6.07) is 5.78. The summed E-state index contributed by atoms with van der Waals surface area (Å²) in [4.78, 5) is 0. The molecular formula is C14H20O. The maximum atomic E-state index is 9.80. The molecule has 0 saturated heterocycles. The molecule has 0 amide bonds. The van der Waals surface area contributed by atoms with Crippen molar-refractivity contribution in [3.63, 3.8) is 0 Å². The Labute approximate surface area is 92.5 Å². The molecule has 1 nitrogen and oxygen atoms in total. The second kappa shape index (κ2) is 5.59. The van der Waals surface area contributed by atoms with E-state index in [-0.39, 0.29) is 0 Å². The number of aromatic hydroxyl groups is 1. The van der Waals surface area contributed by atoms with Gasteiger partial charge in [0.15, 0.2) is 0 Å². The minimum Gasteiger partial charge on any atom is -0.508 e. The monoisotopic (exact) mass is 204 g/mol. The van der Waals surface area contributed by atoms with Crippen LogP contribution in [0.5, 0.6) is 5.75 Å². The molecule has 0 aromatic heterocycles. The highest BCUT2D eigenvalue weighted by Gasteiger charge is 2.07. The topological polar surface area (TPSA) is 20.2 Å². The second-order valence-corrected chi connectivity index (χ2v) is 4.15. The number of hydrogen-bond acceptors (Lipinski definition) is 1. The minimum absolute atomic E-state index is 0.409. The molecule has 0 saturated carbocycles. The van der Waals surface area contributed by atoms with Crippen molar-refractivity contribution < 1.29 is 5.11 Å². The molecule has 0 bridgehead atoms. The van der Waals surface area contributed by atoms with Crippen LogP contribution in [0, 0.1) is 0 Å². The van der Waals surface area contributed by atoms with E-state index in [1.165, 1.54) is 18.4 Å². The molecule has 82 valence electrons. The number of rotatable bonds is 5. The normalized spacial score (nSPS) is 10.3. The maximum Gasteiger partial charge on any atom is 0.119 e. The SMILES string of the molecule is C=C(C)Cc1c(O)cccc1CCCC. The third-order valence-corrected chi connectivity index (χ3v) is 2.53. The van der Waals surface area contributed by atoms with Crippen molar-refractivity contribution in [2.75, 3.05) is 0 Å². The molecule has 0 aliphatic rings. The Bertz CT molecular complexity index is 339. The molecule has 0 aliphatic heterocycles. The number of unbranched alkanes of at least 4 members (excludes halogenated alkanes) is 1. The number of phenols is 1. The summed E-state index contributed by atoms with van der Waals surface area (Å²) in [6.07, 6.45) is 4.19. The molecule has 0 unspecified atom stereocenters. The largest absolute Gasteiger partial charge is 0.508 e. The summed E-state index contributed by atoms with van der Waals surface area (Å²) >= 11 is 0. The first-order chi connectivity index (χ1) is 7.15. The Kier molecular flexibility index (Phi) is 4.41. The Balaban J connectivity index is 2.92. The van der Waals surface area contributed by atoms with E-state index in [0.29, 0.717) is 5.75 Å². The quantitative estimate of drug-likeness (QED) is 0.722. The lowest BCUT2D eigenvalue weighted by Crippen LogP contribution is -1.95. The third kappa shape index (κ3) is 3.43. The number of allylic oxidation sites excluding steroid dienone is 1. The van der Waals surface area contributed by atoms with Crippen LogP contribution >= 0.6 is 0 Å². The van der Waals surface area contributed by atoms with Gasteiger partial charge in [-0.25, -0.2) is 0 Å². The van der Waals surface area contributed by atoms with Crippen LogP contribution in [-0.4, -0.2) is 5.11 Å². The molecule has 0 atom stereocenters. The van der Waals surface area contributed by atoms with E-state index >= 15 is 0 Å². The van der Waals surface area contributed by atoms with Crippen LogP contribution in [0.4, 0.5) is 0 Å². The second-order valence-electron chi connectivity index (χ2n) is 4.15. The van der Waals surface area contributed by atoms with E-state index in [1.807, 2.05) is 13.0 Å². The molecular weight excluding hydrogens is 184 g/mol. The van der Waals surface area contributed by atoms with E-state index < -0.39 is 0 Å². The highest BCUT2D eigenvalue weighted by atomic mass is 16.3. The molecule has 1 aromatic rings. The van der Waals surface area contributed by atoms with E-state index in [2.05, 4.69) is 19.6 Å². The summed E-state index contributed by atoms with van der Waals surface area (Å²) in [7, 11) is 0. The summed E-state index contributed by atoms with van der Waals surface area (Å²) < 4.78 is 0. The predicted molar refractivity (Wildman–Crippen MR) is 65.2 cm³/mol. The van der Waals surface area contributed by atoms with Crippen molar-refractivity contribution in [2.24, 2.45) is 0 Å². The Morgan fingerprint density at radius 1 is 1.40 bits per heavy atom. The molecule has 15 heavy (non-hydrogen) atoms. The van der Waals surface area contributed by atoms with Crippen molar-refractivity contribution in [2.45, 2.75) is 39.5 Å². The van der Waals surface area contributed by atoms with Crippen LogP contribution in [0.2, 0.25) is 0 Å². The lowest BCUT2D eigenvalue weighted by molar-refractivity contribution is 0.468. The lowest BCUT2D eigenvalue weighted by atomic mass is 9.96. The van der Waals surface area contributed by atoms with Gasteiger partial charge in [-0.1, -0.05) is 37.6 Å². The van der Waals surface area contributed by atoms with E-state index in [9.17, 15) is 5.11 Å². The van der Waals surface area contributed by atoms with Gasteiger partial charge in [0.1, 0.15) is 5.75 Å². The Morgan fingerprint density at radius 3 is 2.73 bits per heavy atom. The summed E-state index contributed by atoms with van der Waals surface area (Å²) in [5.74, 6) is 0.409. The van der Waals surface area contributed by atoms with Gasteiger partial charge >= 0.3 is 0 Å². The fraction of sp³-hybridized carbons (Fsp3) is 0.429. The highest BCUT2D eigenvalue weighted by Crippen LogP contribution is 2.24. The highest BCUT2D eigenvalue weighted by molar-refractivity contribution is 5.41. The van der Waals surface area contributed by atoms with Gasteiger partial charge in [-0.3, -0.25) is 0 Å². The molecule has 0 aliphatic carbocycles.